The van der Waals surface area contributed by atoms with Crippen LogP contribution in [0.25, 0.3) is 0 Å². The third-order valence-electron chi connectivity index (χ3n) is 3.21. The lowest BCUT2D eigenvalue weighted by Gasteiger charge is -2.11. The van der Waals surface area contributed by atoms with Gasteiger partial charge in [-0.3, -0.25) is 5.32 Å². The molecule has 5 heteroatoms. The van der Waals surface area contributed by atoms with E-state index in [1.165, 1.54) is 0 Å². The second-order valence-electron chi connectivity index (χ2n) is 4.42. The molecule has 1 aromatic heterocycles. The molecule has 94 valence electrons. The summed E-state index contributed by atoms with van der Waals surface area (Å²) >= 11 is 0. The predicted octanol–water partition coefficient (Wildman–Crippen LogP) is 1.35. The van der Waals surface area contributed by atoms with Gasteiger partial charge in [-0.05, 0) is 12.1 Å². The number of hydrogen-bond donors (Lipinski definition) is 2. The molecule has 0 saturated heterocycles. The molecule has 2 heterocycles. The first-order chi connectivity index (χ1) is 8.74. The molecule has 0 saturated carbocycles. The fourth-order valence-electron chi connectivity index (χ4n) is 2.15. The number of benzene rings is 1. The minimum atomic E-state index is 0.150. The van der Waals surface area contributed by atoms with Crippen molar-refractivity contribution in [2.45, 2.75) is 12.6 Å². The number of nitrogens with one attached hydrogen (secondary N) is 1. The quantitative estimate of drug-likeness (QED) is 0.857. The van der Waals surface area contributed by atoms with E-state index in [-0.39, 0.29) is 11.8 Å². The molecule has 1 atom stereocenters. The zero-order valence-corrected chi connectivity index (χ0v) is 10.1. The summed E-state index contributed by atoms with van der Waals surface area (Å²) in [5.74, 6) is 1.98. The van der Waals surface area contributed by atoms with Crippen molar-refractivity contribution >= 4 is 0 Å². The molecule has 0 amide bonds. The van der Waals surface area contributed by atoms with Gasteiger partial charge in [0.2, 0.25) is 0 Å². The molecule has 1 aliphatic heterocycles. The maximum Gasteiger partial charge on any atom is 0.127 e. The van der Waals surface area contributed by atoms with E-state index in [0.717, 1.165) is 17.1 Å². The van der Waals surface area contributed by atoms with E-state index in [1.54, 1.807) is 18.3 Å². The van der Waals surface area contributed by atoms with Gasteiger partial charge in [-0.2, -0.15) is 0 Å². The molecule has 0 spiro atoms. The second-order valence-corrected chi connectivity index (χ2v) is 4.42. The smallest absolute Gasteiger partial charge is 0.127 e. The van der Waals surface area contributed by atoms with Crippen molar-refractivity contribution in [3.8, 4) is 11.5 Å². The lowest BCUT2D eigenvalue weighted by molar-refractivity contribution is 0.308. The van der Waals surface area contributed by atoms with E-state index >= 15 is 0 Å². The number of ether oxygens (including phenoxy) is 1. The molecular formula is C13H15N3O2. The summed E-state index contributed by atoms with van der Waals surface area (Å²) < 4.78 is 7.53. The Morgan fingerprint density at radius 2 is 2.44 bits per heavy atom. The molecule has 1 unspecified atom stereocenters. The Kier molecular flexibility index (Phi) is 2.68. The van der Waals surface area contributed by atoms with Gasteiger partial charge in [-0.15, -0.1) is 0 Å². The lowest BCUT2D eigenvalue weighted by Crippen LogP contribution is -2.23. The van der Waals surface area contributed by atoms with Crippen molar-refractivity contribution in [3.05, 3.63) is 42.0 Å². The van der Waals surface area contributed by atoms with Gasteiger partial charge >= 0.3 is 0 Å². The van der Waals surface area contributed by atoms with Crippen molar-refractivity contribution in [1.29, 1.82) is 0 Å². The average Bonchev–Trinajstić information content (AvgIpc) is 2.93. The zero-order valence-electron chi connectivity index (χ0n) is 10.1. The van der Waals surface area contributed by atoms with Crippen molar-refractivity contribution in [3.63, 3.8) is 0 Å². The van der Waals surface area contributed by atoms with E-state index in [4.69, 9.17) is 4.74 Å². The van der Waals surface area contributed by atoms with Crippen LogP contribution in [0.2, 0.25) is 0 Å². The SMILES string of the molecule is Cn1ccnc1CNC1COc2cc(O)ccc21. The molecule has 0 aliphatic carbocycles. The summed E-state index contributed by atoms with van der Waals surface area (Å²) in [6, 6.07) is 5.38. The van der Waals surface area contributed by atoms with Gasteiger partial charge in [0, 0.05) is 31.1 Å². The van der Waals surface area contributed by atoms with Crippen LogP contribution in [-0.2, 0) is 13.6 Å². The van der Waals surface area contributed by atoms with Crippen LogP contribution >= 0.6 is 0 Å². The molecule has 2 N–H and O–H groups in total. The first-order valence-electron chi connectivity index (χ1n) is 5.89. The third kappa shape index (κ3) is 1.93. The number of phenols is 1. The monoisotopic (exact) mass is 245 g/mol. The van der Waals surface area contributed by atoms with Crippen LogP contribution in [-0.4, -0.2) is 21.3 Å². The molecule has 3 rings (SSSR count). The Morgan fingerprint density at radius 1 is 1.56 bits per heavy atom. The van der Waals surface area contributed by atoms with Gasteiger partial charge in [0.05, 0.1) is 12.6 Å². The molecule has 2 aromatic rings. The van der Waals surface area contributed by atoms with Gasteiger partial charge < -0.3 is 14.4 Å². The van der Waals surface area contributed by atoms with Crippen LogP contribution in [0.1, 0.15) is 17.4 Å². The summed E-state index contributed by atoms with van der Waals surface area (Å²) in [4.78, 5) is 4.27. The first kappa shape index (κ1) is 11.1. The van der Waals surface area contributed by atoms with Crippen molar-refractivity contribution in [2.24, 2.45) is 7.05 Å². The molecule has 1 aliphatic rings. The molecule has 0 radical (unpaired) electrons. The Hall–Kier alpha value is -2.01. The molecule has 5 nitrogen and oxygen atoms in total. The predicted molar refractivity (Wildman–Crippen MR) is 66.4 cm³/mol. The lowest BCUT2D eigenvalue weighted by atomic mass is 10.1. The number of aromatic hydroxyl groups is 1. The van der Waals surface area contributed by atoms with E-state index in [0.29, 0.717) is 13.2 Å². The second kappa shape index (κ2) is 4.34. The van der Waals surface area contributed by atoms with Gasteiger partial charge in [0.25, 0.3) is 0 Å². The number of imidazole rings is 1. The number of rotatable bonds is 3. The van der Waals surface area contributed by atoms with E-state index in [9.17, 15) is 5.11 Å². The van der Waals surface area contributed by atoms with Gasteiger partial charge in [0.15, 0.2) is 0 Å². The van der Waals surface area contributed by atoms with Crippen LogP contribution in [0.5, 0.6) is 11.5 Å². The van der Waals surface area contributed by atoms with Crippen LogP contribution < -0.4 is 10.1 Å². The number of aryl methyl sites for hydroxylation is 1. The fraction of sp³-hybridized carbons (Fsp3) is 0.308. The summed E-state index contributed by atoms with van der Waals surface area (Å²) in [6.07, 6.45) is 3.71. The Balaban J connectivity index is 1.71. The number of fused-ring (bicyclic) bond motifs is 1. The van der Waals surface area contributed by atoms with E-state index in [2.05, 4.69) is 10.3 Å². The molecule has 1 aromatic carbocycles. The van der Waals surface area contributed by atoms with Gasteiger partial charge in [0.1, 0.15) is 23.9 Å². The van der Waals surface area contributed by atoms with Gasteiger partial charge in [-0.25, -0.2) is 4.98 Å². The Bertz CT molecular complexity index is 565. The molecule has 18 heavy (non-hydrogen) atoms. The number of hydrogen-bond acceptors (Lipinski definition) is 4. The summed E-state index contributed by atoms with van der Waals surface area (Å²) in [5.41, 5.74) is 1.09. The Labute approximate surface area is 105 Å². The van der Waals surface area contributed by atoms with Gasteiger partial charge in [-0.1, -0.05) is 0 Å². The van der Waals surface area contributed by atoms with Crippen molar-refractivity contribution in [1.82, 2.24) is 14.9 Å². The normalized spacial score (nSPS) is 17.5. The van der Waals surface area contributed by atoms with Crippen molar-refractivity contribution < 1.29 is 9.84 Å². The van der Waals surface area contributed by atoms with E-state index in [1.807, 2.05) is 23.9 Å². The van der Waals surface area contributed by atoms with E-state index < -0.39 is 0 Å². The highest BCUT2D eigenvalue weighted by Gasteiger charge is 2.24. The van der Waals surface area contributed by atoms with Crippen LogP contribution in [0.3, 0.4) is 0 Å². The molecule has 0 fully saturated rings. The minimum Gasteiger partial charge on any atom is -0.508 e. The topological polar surface area (TPSA) is 59.3 Å². The third-order valence-corrected chi connectivity index (χ3v) is 3.21. The number of phenolic OH excluding ortho intramolecular Hbond substituents is 1. The summed E-state index contributed by atoms with van der Waals surface area (Å²) in [6.45, 7) is 1.28. The molecule has 0 bridgehead atoms. The maximum absolute atomic E-state index is 9.39. The highest BCUT2D eigenvalue weighted by molar-refractivity contribution is 5.44. The summed E-state index contributed by atoms with van der Waals surface area (Å²) in [5, 5.41) is 12.8. The Morgan fingerprint density at radius 3 is 3.22 bits per heavy atom. The number of aromatic nitrogens is 2. The minimum absolute atomic E-state index is 0.150. The largest absolute Gasteiger partial charge is 0.508 e. The number of nitrogens with zero attached hydrogens (tertiary/aromatic N) is 2. The average molecular weight is 245 g/mol. The highest BCUT2D eigenvalue weighted by atomic mass is 16.5. The first-order valence-corrected chi connectivity index (χ1v) is 5.89. The zero-order chi connectivity index (χ0) is 12.5. The standard InChI is InChI=1S/C13H15N3O2/c1-16-5-4-14-13(16)7-15-11-8-18-12-6-9(17)2-3-10(11)12/h2-6,11,15,17H,7-8H2,1H3. The molecular weight excluding hydrogens is 230 g/mol. The van der Waals surface area contributed by atoms with Crippen LogP contribution in [0.4, 0.5) is 0 Å². The fourth-order valence-corrected chi connectivity index (χ4v) is 2.15. The van der Waals surface area contributed by atoms with Crippen LogP contribution in [0.15, 0.2) is 30.6 Å². The van der Waals surface area contributed by atoms with Crippen molar-refractivity contribution in [2.75, 3.05) is 6.61 Å². The highest BCUT2D eigenvalue weighted by Crippen LogP contribution is 2.34. The van der Waals surface area contributed by atoms with Crippen LogP contribution in [0, 0.1) is 0 Å². The maximum atomic E-state index is 9.39. The summed E-state index contributed by atoms with van der Waals surface area (Å²) in [7, 11) is 1.97.